The van der Waals surface area contributed by atoms with Crippen molar-refractivity contribution in [3.8, 4) is 0 Å². The quantitative estimate of drug-likeness (QED) is 0.322. The Kier molecular flexibility index (Phi) is 7.35. The van der Waals surface area contributed by atoms with Crippen LogP contribution in [0.5, 0.6) is 0 Å². The predicted molar refractivity (Wildman–Crippen MR) is 113 cm³/mol. The summed E-state index contributed by atoms with van der Waals surface area (Å²) in [4.78, 5) is 37.8. The third kappa shape index (κ3) is 5.29. The number of hydrogen-bond donors (Lipinski definition) is 5. The van der Waals surface area contributed by atoms with Crippen molar-refractivity contribution >= 4 is 19.6 Å². The maximum Gasteiger partial charge on any atom is 0.473 e. The predicted octanol–water partition coefficient (Wildman–Crippen LogP) is 0.104. The highest BCUT2D eigenvalue weighted by molar-refractivity contribution is 7.47. The lowest BCUT2D eigenvalue weighted by Crippen LogP contribution is -2.49. The summed E-state index contributed by atoms with van der Waals surface area (Å²) in [6.07, 6.45) is -4.55. The van der Waals surface area contributed by atoms with Crippen LogP contribution >= 0.6 is 7.82 Å². The largest absolute Gasteiger partial charge is 0.479 e. The number of anilines is 1. The van der Waals surface area contributed by atoms with Gasteiger partial charge in [-0.3, -0.25) is 13.6 Å². The van der Waals surface area contributed by atoms with Gasteiger partial charge >= 0.3 is 19.5 Å². The third-order valence-corrected chi connectivity index (χ3v) is 7.70. The molecule has 186 valence electrons. The van der Waals surface area contributed by atoms with E-state index >= 15 is 0 Å². The fourth-order valence-electron chi connectivity index (χ4n) is 4.48. The van der Waals surface area contributed by atoms with Crippen molar-refractivity contribution in [2.24, 2.45) is 17.8 Å². The number of carboxylic acid groups (broad SMARTS) is 1. The molecule has 4 unspecified atom stereocenters. The normalized spacial score (nSPS) is 38.7. The molecule has 2 heterocycles. The summed E-state index contributed by atoms with van der Waals surface area (Å²) in [5.74, 6) is -1.36. The van der Waals surface area contributed by atoms with Crippen LogP contribution in [0.25, 0.3) is 0 Å². The van der Waals surface area contributed by atoms with Crippen LogP contribution in [0.15, 0.2) is 17.1 Å². The average Bonchev–Trinajstić information content (AvgIpc) is 2.98. The van der Waals surface area contributed by atoms with E-state index in [1.54, 1.807) is 0 Å². The Hall–Kier alpha value is -1.86. The van der Waals surface area contributed by atoms with E-state index in [2.05, 4.69) is 4.98 Å². The molecule has 2 fully saturated rings. The number of phosphoric ester groups is 1. The van der Waals surface area contributed by atoms with Crippen LogP contribution in [-0.2, 0) is 23.1 Å². The molecule has 1 aromatic rings. The highest BCUT2D eigenvalue weighted by atomic mass is 31.2. The minimum atomic E-state index is -4.91. The van der Waals surface area contributed by atoms with Crippen LogP contribution in [0, 0.1) is 17.8 Å². The van der Waals surface area contributed by atoms with Gasteiger partial charge in [0.1, 0.15) is 24.1 Å². The average molecular weight is 491 g/mol. The minimum Gasteiger partial charge on any atom is -0.479 e. The van der Waals surface area contributed by atoms with E-state index in [1.165, 1.54) is 12.3 Å². The smallest absolute Gasteiger partial charge is 0.473 e. The number of nitrogens with two attached hydrogens (primary N) is 1. The second-order valence-electron chi connectivity index (χ2n) is 8.97. The second kappa shape index (κ2) is 9.41. The van der Waals surface area contributed by atoms with E-state index < -0.39 is 56.2 Å². The maximum absolute atomic E-state index is 12.6. The zero-order chi connectivity index (χ0) is 24.7. The topological polar surface area (TPSA) is 204 Å². The van der Waals surface area contributed by atoms with Crippen molar-refractivity contribution < 1.29 is 43.4 Å². The summed E-state index contributed by atoms with van der Waals surface area (Å²) in [5.41, 5.74) is 2.69. The summed E-state index contributed by atoms with van der Waals surface area (Å²) in [6, 6.07) is 1.29. The number of rotatable bonds is 7. The van der Waals surface area contributed by atoms with Gasteiger partial charge in [0, 0.05) is 6.20 Å². The van der Waals surface area contributed by atoms with Crippen LogP contribution in [0.1, 0.15) is 39.8 Å². The second-order valence-corrected chi connectivity index (χ2v) is 10.3. The molecule has 1 aromatic heterocycles. The Balaban J connectivity index is 1.70. The van der Waals surface area contributed by atoms with Crippen LogP contribution in [0.4, 0.5) is 5.82 Å². The lowest BCUT2D eigenvalue weighted by atomic mass is 9.68. The first-order chi connectivity index (χ1) is 15.3. The van der Waals surface area contributed by atoms with E-state index in [4.69, 9.17) is 19.5 Å². The van der Waals surface area contributed by atoms with Gasteiger partial charge in [0.2, 0.25) is 0 Å². The summed E-state index contributed by atoms with van der Waals surface area (Å²) < 4.78 is 29.1. The number of hydrogen-bond acceptors (Lipinski definition) is 10. The maximum atomic E-state index is 12.6. The van der Waals surface area contributed by atoms with Gasteiger partial charge in [-0.2, -0.15) is 4.98 Å². The number of aliphatic hydroxyl groups excluding tert-OH is 2. The molecule has 0 aromatic carbocycles. The molecule has 1 saturated carbocycles. The number of nitrogen functional groups attached to an aromatic ring is 1. The first-order valence-electron chi connectivity index (χ1n) is 10.5. The van der Waals surface area contributed by atoms with Crippen LogP contribution < -0.4 is 11.4 Å². The Morgan fingerprint density at radius 3 is 2.45 bits per heavy atom. The molecule has 1 saturated heterocycles. The van der Waals surface area contributed by atoms with E-state index in [9.17, 15) is 34.4 Å². The summed E-state index contributed by atoms with van der Waals surface area (Å²) in [7, 11) is -4.91. The number of carboxylic acids is 1. The summed E-state index contributed by atoms with van der Waals surface area (Å²) >= 11 is 0. The summed E-state index contributed by atoms with van der Waals surface area (Å²) in [6.45, 7) is 4.97. The number of phosphoric acid groups is 1. The molecule has 33 heavy (non-hydrogen) atoms. The molecule has 7 atom stereocenters. The zero-order valence-corrected chi connectivity index (χ0v) is 19.4. The van der Waals surface area contributed by atoms with Gasteiger partial charge in [-0.1, -0.05) is 20.8 Å². The number of aliphatic carboxylic acids is 1. The molecular formula is C19H30N3O10P. The van der Waals surface area contributed by atoms with Gasteiger partial charge in [-0.05, 0) is 36.7 Å². The van der Waals surface area contributed by atoms with Crippen LogP contribution in [0.2, 0.25) is 0 Å². The number of nitrogens with zero attached hydrogens (tertiary/aromatic N) is 2. The van der Waals surface area contributed by atoms with E-state index in [0.717, 1.165) is 4.57 Å². The van der Waals surface area contributed by atoms with Gasteiger partial charge in [-0.15, -0.1) is 0 Å². The van der Waals surface area contributed by atoms with Crippen molar-refractivity contribution in [2.75, 3.05) is 12.3 Å². The Morgan fingerprint density at radius 1 is 1.30 bits per heavy atom. The van der Waals surface area contributed by atoms with E-state index in [0.29, 0.717) is 0 Å². The lowest BCUT2D eigenvalue weighted by molar-refractivity contribution is -0.166. The molecule has 14 heteroatoms. The molecule has 3 rings (SSSR count). The Bertz CT molecular complexity index is 975. The van der Waals surface area contributed by atoms with Crippen molar-refractivity contribution in [1.82, 2.24) is 9.55 Å². The number of aliphatic hydroxyl groups is 2. The van der Waals surface area contributed by atoms with Crippen LogP contribution in [-0.4, -0.2) is 66.3 Å². The number of carbonyl (C=O) groups is 1. The Labute approximate surface area is 189 Å². The zero-order valence-electron chi connectivity index (χ0n) is 18.5. The molecule has 0 bridgehead atoms. The highest BCUT2D eigenvalue weighted by Gasteiger charge is 2.53. The molecular weight excluding hydrogens is 461 g/mol. The van der Waals surface area contributed by atoms with E-state index in [-0.39, 0.29) is 36.4 Å². The minimum absolute atomic E-state index is 0.0259. The molecule has 0 radical (unpaired) electrons. The number of aromatic nitrogens is 2. The standard InChI is InChI=1S/C19H30N3O10P/c1-9-6-19(17(25)26,7-10(2)11(9)3)32-33(28,29)30-8-12-14(23)15(24)16(31-12)22-5-4-13(20)21-18(22)27/h4-5,9-12,14-16,23-24H,6-8H2,1-3H3,(H,25,26)(H,28,29)(H2,20,21,27)/t9?,10?,11?,12-,14+,15?,16-,19?/m1/s1. The van der Waals surface area contributed by atoms with Crippen molar-refractivity contribution in [1.29, 1.82) is 0 Å². The summed E-state index contributed by atoms with van der Waals surface area (Å²) in [5, 5.41) is 30.3. The van der Waals surface area contributed by atoms with Crippen LogP contribution in [0.3, 0.4) is 0 Å². The van der Waals surface area contributed by atoms with E-state index in [1.807, 2.05) is 20.8 Å². The SMILES string of the molecule is CC1CC(OP(=O)(O)OC[C@H]2O[C@@H](n3ccc(N)nc3=O)C(O)[C@H]2O)(C(=O)O)CC(C)C1C. The first kappa shape index (κ1) is 25.8. The molecule has 0 spiro atoms. The third-order valence-electron chi connectivity index (χ3n) is 6.64. The fraction of sp³-hybridized carbons (Fsp3) is 0.737. The lowest BCUT2D eigenvalue weighted by Gasteiger charge is -2.43. The van der Waals surface area contributed by atoms with Crippen molar-refractivity contribution in [3.05, 3.63) is 22.7 Å². The Morgan fingerprint density at radius 2 is 1.91 bits per heavy atom. The first-order valence-corrected chi connectivity index (χ1v) is 12.0. The van der Waals surface area contributed by atoms with Crippen molar-refractivity contribution in [2.45, 2.75) is 63.8 Å². The van der Waals surface area contributed by atoms with Crippen molar-refractivity contribution in [3.63, 3.8) is 0 Å². The van der Waals surface area contributed by atoms with Gasteiger partial charge in [0.15, 0.2) is 11.8 Å². The van der Waals surface area contributed by atoms with Gasteiger partial charge < -0.3 is 30.7 Å². The molecule has 6 N–H and O–H groups in total. The van der Waals surface area contributed by atoms with Gasteiger partial charge in [0.05, 0.1) is 6.61 Å². The fourth-order valence-corrected chi connectivity index (χ4v) is 5.53. The molecule has 0 amide bonds. The highest BCUT2D eigenvalue weighted by Crippen LogP contribution is 2.54. The monoisotopic (exact) mass is 491 g/mol. The number of ether oxygens (including phenoxy) is 1. The molecule has 2 aliphatic rings. The molecule has 1 aliphatic carbocycles. The molecule has 13 nitrogen and oxygen atoms in total. The van der Waals surface area contributed by atoms with Gasteiger partial charge in [0.25, 0.3) is 0 Å². The molecule has 1 aliphatic heterocycles. The van der Waals surface area contributed by atoms with Gasteiger partial charge in [-0.25, -0.2) is 14.2 Å².